The minimum atomic E-state index is -0.549. The van der Waals surface area contributed by atoms with Gasteiger partial charge >= 0.3 is 6.01 Å². The lowest BCUT2D eigenvalue weighted by molar-refractivity contribution is 0.239. The molecule has 1 aromatic heterocycles. The first-order chi connectivity index (χ1) is 19.3. The van der Waals surface area contributed by atoms with E-state index in [9.17, 15) is 5.11 Å². The van der Waals surface area contributed by atoms with Crippen molar-refractivity contribution in [3.05, 3.63) is 53.3 Å². The van der Waals surface area contributed by atoms with Crippen molar-refractivity contribution in [2.24, 2.45) is 5.92 Å². The molecule has 0 aliphatic carbocycles. The standard InChI is InChI=1S/C32H38ClFN4O2/c1-5-37(6-2)14-9-15-40-32-35-30-26(31(36-32)38-19-20(3)12-13-21(38)4)18-27(33)28(29(30)34)25-17-23(39)16-22-10-7-8-11-24(22)25/h7-8,10-11,16-18,20-21,39H,5-6,9,12-15,19H2,1-4H3/t20-,21-/m0/s1. The smallest absolute Gasteiger partial charge is 0.319 e. The number of ether oxygens (including phenoxy) is 1. The summed E-state index contributed by atoms with van der Waals surface area (Å²) in [4.78, 5) is 14.0. The van der Waals surface area contributed by atoms with Crippen LogP contribution in [-0.4, -0.2) is 58.8 Å². The molecule has 1 aliphatic heterocycles. The fourth-order valence-electron chi connectivity index (χ4n) is 5.77. The van der Waals surface area contributed by atoms with Gasteiger partial charge in [-0.2, -0.15) is 9.97 Å². The van der Waals surface area contributed by atoms with Crippen molar-refractivity contribution in [2.75, 3.05) is 37.7 Å². The first-order valence-electron chi connectivity index (χ1n) is 14.3. The van der Waals surface area contributed by atoms with Crippen molar-refractivity contribution in [1.82, 2.24) is 14.9 Å². The highest BCUT2D eigenvalue weighted by Crippen LogP contribution is 2.43. The van der Waals surface area contributed by atoms with E-state index in [1.807, 2.05) is 24.3 Å². The molecule has 1 aliphatic rings. The largest absolute Gasteiger partial charge is 0.508 e. The molecule has 1 saturated heterocycles. The Morgan fingerprint density at radius 3 is 2.62 bits per heavy atom. The second-order valence-corrected chi connectivity index (χ2v) is 11.3. The van der Waals surface area contributed by atoms with Crippen LogP contribution in [0.15, 0.2) is 42.5 Å². The maximum absolute atomic E-state index is 16.6. The van der Waals surface area contributed by atoms with Crippen LogP contribution in [0.5, 0.6) is 11.8 Å². The summed E-state index contributed by atoms with van der Waals surface area (Å²) in [5, 5.41) is 12.9. The number of hydrogen-bond acceptors (Lipinski definition) is 6. The van der Waals surface area contributed by atoms with Crippen LogP contribution < -0.4 is 9.64 Å². The molecule has 2 atom stereocenters. The molecule has 0 unspecified atom stereocenters. The quantitative estimate of drug-likeness (QED) is 0.210. The maximum atomic E-state index is 16.6. The van der Waals surface area contributed by atoms with Crippen LogP contribution in [0.2, 0.25) is 5.02 Å². The van der Waals surface area contributed by atoms with Crippen LogP contribution in [0.3, 0.4) is 0 Å². The Kier molecular flexibility index (Phi) is 8.62. The number of piperidine rings is 1. The van der Waals surface area contributed by atoms with Gasteiger partial charge in [0.1, 0.15) is 17.1 Å². The molecule has 1 fully saturated rings. The summed E-state index contributed by atoms with van der Waals surface area (Å²) in [7, 11) is 0. The zero-order valence-electron chi connectivity index (χ0n) is 23.8. The van der Waals surface area contributed by atoms with E-state index in [-0.39, 0.29) is 33.9 Å². The molecule has 4 aromatic rings. The number of benzene rings is 3. The molecule has 0 amide bonds. The molecule has 5 rings (SSSR count). The number of aromatic nitrogens is 2. The Balaban J connectivity index is 1.64. The average molecular weight is 565 g/mol. The molecule has 8 heteroatoms. The molecular formula is C32H38ClFN4O2. The number of rotatable bonds is 9. The summed E-state index contributed by atoms with van der Waals surface area (Å²) in [6.07, 6.45) is 2.98. The van der Waals surface area contributed by atoms with Gasteiger partial charge in [0, 0.05) is 30.1 Å². The normalized spacial score (nSPS) is 17.7. The van der Waals surface area contributed by atoms with Gasteiger partial charge < -0.3 is 19.6 Å². The summed E-state index contributed by atoms with van der Waals surface area (Å²) in [6, 6.07) is 12.9. The third kappa shape index (κ3) is 5.68. The van der Waals surface area contributed by atoms with Crippen LogP contribution in [-0.2, 0) is 0 Å². The minimum absolute atomic E-state index is 0.0426. The predicted octanol–water partition coefficient (Wildman–Crippen LogP) is 7.68. The first kappa shape index (κ1) is 28.4. The summed E-state index contributed by atoms with van der Waals surface area (Å²) in [6.45, 7) is 12.8. The van der Waals surface area contributed by atoms with Gasteiger partial charge in [0.05, 0.1) is 11.6 Å². The molecular weight excluding hydrogens is 527 g/mol. The molecule has 1 N–H and O–H groups in total. The monoisotopic (exact) mass is 564 g/mol. The lowest BCUT2D eigenvalue weighted by atomic mass is 9.94. The van der Waals surface area contributed by atoms with Crippen molar-refractivity contribution in [3.63, 3.8) is 0 Å². The highest BCUT2D eigenvalue weighted by Gasteiger charge is 2.29. The highest BCUT2D eigenvalue weighted by atomic mass is 35.5. The van der Waals surface area contributed by atoms with Crippen LogP contribution in [0.1, 0.15) is 47.0 Å². The van der Waals surface area contributed by atoms with E-state index in [2.05, 4.69) is 42.5 Å². The van der Waals surface area contributed by atoms with Gasteiger partial charge in [-0.05, 0) is 79.7 Å². The molecule has 3 aromatic carbocycles. The van der Waals surface area contributed by atoms with Crippen molar-refractivity contribution in [1.29, 1.82) is 0 Å². The van der Waals surface area contributed by atoms with Gasteiger partial charge in [-0.25, -0.2) is 4.39 Å². The van der Waals surface area contributed by atoms with E-state index in [1.165, 1.54) is 0 Å². The zero-order chi connectivity index (χ0) is 28.4. The number of anilines is 1. The number of halogens is 2. The van der Waals surface area contributed by atoms with E-state index in [4.69, 9.17) is 21.3 Å². The van der Waals surface area contributed by atoms with Crippen LogP contribution >= 0.6 is 11.6 Å². The van der Waals surface area contributed by atoms with Crippen molar-refractivity contribution in [3.8, 4) is 22.9 Å². The van der Waals surface area contributed by atoms with Crippen molar-refractivity contribution < 1.29 is 14.2 Å². The Morgan fingerprint density at radius 2 is 1.85 bits per heavy atom. The van der Waals surface area contributed by atoms with Gasteiger partial charge in [-0.3, -0.25) is 0 Å². The van der Waals surface area contributed by atoms with E-state index in [0.29, 0.717) is 29.3 Å². The van der Waals surface area contributed by atoms with Crippen LogP contribution in [0, 0.1) is 11.7 Å². The van der Waals surface area contributed by atoms with Gasteiger partial charge in [0.25, 0.3) is 0 Å². The molecule has 0 saturated carbocycles. The number of hydrogen-bond donors (Lipinski definition) is 1. The maximum Gasteiger partial charge on any atom is 0.319 e. The number of phenols is 1. The summed E-state index contributed by atoms with van der Waals surface area (Å²) < 4.78 is 22.7. The van der Waals surface area contributed by atoms with Gasteiger partial charge in [-0.15, -0.1) is 0 Å². The highest BCUT2D eigenvalue weighted by molar-refractivity contribution is 6.35. The zero-order valence-corrected chi connectivity index (χ0v) is 24.5. The van der Waals surface area contributed by atoms with E-state index >= 15 is 4.39 Å². The van der Waals surface area contributed by atoms with Crippen molar-refractivity contribution >= 4 is 39.1 Å². The Bertz CT molecular complexity index is 1510. The average Bonchev–Trinajstić information content (AvgIpc) is 2.94. The van der Waals surface area contributed by atoms with E-state index in [1.54, 1.807) is 18.2 Å². The number of aromatic hydroxyl groups is 1. The second-order valence-electron chi connectivity index (χ2n) is 10.9. The fraction of sp³-hybridized carbons (Fsp3) is 0.438. The van der Waals surface area contributed by atoms with E-state index < -0.39 is 5.82 Å². The Morgan fingerprint density at radius 1 is 1.07 bits per heavy atom. The Hall–Kier alpha value is -3.16. The lowest BCUT2D eigenvalue weighted by Crippen LogP contribution is -2.41. The molecule has 6 nitrogen and oxygen atoms in total. The lowest BCUT2D eigenvalue weighted by Gasteiger charge is -2.38. The Labute approximate surface area is 240 Å². The molecule has 40 heavy (non-hydrogen) atoms. The third-order valence-corrected chi connectivity index (χ3v) is 8.39. The molecule has 0 spiro atoms. The summed E-state index contributed by atoms with van der Waals surface area (Å²) in [5.74, 6) is 0.627. The first-order valence-corrected chi connectivity index (χ1v) is 14.7. The molecule has 212 valence electrons. The van der Waals surface area contributed by atoms with Gasteiger partial charge in [0.2, 0.25) is 0 Å². The number of fused-ring (bicyclic) bond motifs is 2. The third-order valence-electron chi connectivity index (χ3n) is 8.09. The predicted molar refractivity (Wildman–Crippen MR) is 162 cm³/mol. The van der Waals surface area contributed by atoms with Crippen LogP contribution in [0.25, 0.3) is 32.8 Å². The summed E-state index contributed by atoms with van der Waals surface area (Å²) in [5.41, 5.74) is 0.890. The fourth-order valence-corrected chi connectivity index (χ4v) is 6.06. The van der Waals surface area contributed by atoms with Gasteiger partial charge in [0.15, 0.2) is 5.82 Å². The summed E-state index contributed by atoms with van der Waals surface area (Å²) >= 11 is 6.84. The number of nitrogens with zero attached hydrogens (tertiary/aromatic N) is 4. The molecule has 2 heterocycles. The van der Waals surface area contributed by atoms with E-state index in [0.717, 1.165) is 56.2 Å². The number of phenolic OH excluding ortho intramolecular Hbond substituents is 1. The van der Waals surface area contributed by atoms with Crippen molar-refractivity contribution in [2.45, 2.75) is 53.0 Å². The van der Waals surface area contributed by atoms with Crippen LogP contribution in [0.4, 0.5) is 10.2 Å². The second kappa shape index (κ2) is 12.1. The molecule has 0 radical (unpaired) electrons. The topological polar surface area (TPSA) is 61.7 Å². The van der Waals surface area contributed by atoms with Gasteiger partial charge in [-0.1, -0.05) is 56.6 Å². The minimum Gasteiger partial charge on any atom is -0.508 e. The molecule has 0 bridgehead atoms. The SMILES string of the molecule is CCN(CC)CCCOc1nc(N2C[C@@H](C)CC[C@@H]2C)c2cc(Cl)c(-c3cc(O)cc4ccccc34)c(F)c2n1.